The molecule has 2 unspecified atom stereocenters. The number of hydrogen-bond acceptors (Lipinski definition) is 5. The van der Waals surface area contributed by atoms with Gasteiger partial charge in [-0.1, -0.05) is 39.0 Å². The van der Waals surface area contributed by atoms with Crippen LogP contribution in [0.4, 0.5) is 17.6 Å². The minimum atomic E-state index is -4.67. The molecule has 15 heteroatoms. The van der Waals surface area contributed by atoms with Gasteiger partial charge in [0, 0.05) is 17.5 Å². The van der Waals surface area contributed by atoms with E-state index in [1.807, 2.05) is 25.5 Å². The van der Waals surface area contributed by atoms with Gasteiger partial charge >= 0.3 is 6.18 Å². The number of aromatic nitrogens is 1. The van der Waals surface area contributed by atoms with Gasteiger partial charge in [-0.3, -0.25) is 10.1 Å². The van der Waals surface area contributed by atoms with Crippen LogP contribution >= 0.6 is 38.2 Å². The van der Waals surface area contributed by atoms with E-state index in [2.05, 4.69) is 35.9 Å². The molecule has 224 valence electrons. The van der Waals surface area contributed by atoms with Crippen molar-refractivity contribution in [1.29, 1.82) is 0 Å². The standard InChI is InChI=1S/C25H34BrF4N5O2S3/c1-6-39(7-2,8-3)18-14-19(26)33-21(20(18)27)24(4,16-40(37,31-5)32-15-25(28,29)30)35-23(38)34-22(36)17-12-10-9-11-13-17/h9-14H,6-8,15-16H2,1-5H3,(H,31,32,37)(H2,34,35,36,38). The Bertz CT molecular complexity index is 1330. The van der Waals surface area contributed by atoms with Crippen molar-refractivity contribution in [1.82, 2.24) is 20.3 Å². The molecule has 0 radical (unpaired) electrons. The molecule has 0 aliphatic carbocycles. The average molecular weight is 689 g/mol. The Morgan fingerprint density at radius 1 is 1.12 bits per heavy atom. The van der Waals surface area contributed by atoms with Crippen LogP contribution in [0.25, 0.3) is 0 Å². The number of pyridine rings is 1. The first kappa shape index (κ1) is 34.4. The number of rotatable bonds is 11. The minimum Gasteiger partial charge on any atom is -0.350 e. The van der Waals surface area contributed by atoms with Gasteiger partial charge < -0.3 is 5.32 Å². The van der Waals surface area contributed by atoms with Crippen molar-refractivity contribution in [2.75, 3.05) is 36.6 Å². The van der Waals surface area contributed by atoms with Crippen LogP contribution in [0, 0.1) is 5.82 Å². The van der Waals surface area contributed by atoms with Crippen LogP contribution in [0.3, 0.4) is 0 Å². The second-order valence-corrected chi connectivity index (χ2v) is 16.7. The Morgan fingerprint density at radius 3 is 2.20 bits per heavy atom. The number of amides is 1. The van der Waals surface area contributed by atoms with Gasteiger partial charge in [-0.2, -0.15) is 13.2 Å². The summed E-state index contributed by atoms with van der Waals surface area (Å²) in [5, 5.41) is 5.06. The van der Waals surface area contributed by atoms with E-state index in [4.69, 9.17) is 12.2 Å². The predicted octanol–water partition coefficient (Wildman–Crippen LogP) is 5.89. The number of alkyl halides is 3. The van der Waals surface area contributed by atoms with E-state index in [1.165, 1.54) is 6.92 Å². The number of nitrogens with zero attached hydrogens (tertiary/aromatic N) is 2. The molecule has 2 aromatic rings. The fourth-order valence-electron chi connectivity index (χ4n) is 4.21. The molecule has 3 N–H and O–H groups in total. The molecular weight excluding hydrogens is 654 g/mol. The summed E-state index contributed by atoms with van der Waals surface area (Å²) < 4.78 is 75.1. The van der Waals surface area contributed by atoms with Crippen molar-refractivity contribution >= 4 is 59.1 Å². The number of halogens is 5. The molecule has 1 aromatic heterocycles. The zero-order chi connectivity index (χ0) is 30.4. The summed E-state index contributed by atoms with van der Waals surface area (Å²) >= 11 is 8.71. The average Bonchev–Trinajstić information content (AvgIpc) is 2.90. The molecule has 0 fully saturated rings. The van der Waals surface area contributed by atoms with Gasteiger partial charge in [-0.15, -0.1) is 0 Å². The smallest absolute Gasteiger partial charge is 0.350 e. The molecule has 7 nitrogen and oxygen atoms in total. The van der Waals surface area contributed by atoms with Gasteiger partial charge in [0.05, 0.1) is 11.3 Å². The first-order valence-corrected chi connectivity index (χ1v) is 17.4. The van der Waals surface area contributed by atoms with Crippen LogP contribution in [0.2, 0.25) is 0 Å². The number of nitrogens with one attached hydrogen (secondary N) is 3. The molecule has 1 aromatic carbocycles. The number of hydrogen-bond donors (Lipinski definition) is 3. The van der Waals surface area contributed by atoms with E-state index < -0.39 is 55.7 Å². The summed E-state index contributed by atoms with van der Waals surface area (Å²) in [6.07, 6.45) is -4.67. The van der Waals surface area contributed by atoms with Gasteiger partial charge in [-0.05, 0) is 70.5 Å². The van der Waals surface area contributed by atoms with E-state index in [-0.39, 0.29) is 10.8 Å². The largest absolute Gasteiger partial charge is 0.402 e. The van der Waals surface area contributed by atoms with Crippen LogP contribution in [0.1, 0.15) is 43.7 Å². The van der Waals surface area contributed by atoms with Crippen molar-refractivity contribution in [2.24, 2.45) is 4.36 Å². The lowest BCUT2D eigenvalue weighted by atomic mass is 9.99. The maximum atomic E-state index is 16.5. The Hall–Kier alpha value is -1.81. The fourth-order valence-corrected chi connectivity index (χ4v) is 9.83. The highest BCUT2D eigenvalue weighted by atomic mass is 79.9. The molecule has 2 atom stereocenters. The molecule has 0 spiro atoms. The van der Waals surface area contributed by atoms with E-state index in [0.29, 0.717) is 32.3 Å². The first-order chi connectivity index (χ1) is 18.6. The van der Waals surface area contributed by atoms with Crippen LogP contribution in [-0.4, -0.2) is 63.0 Å². The third kappa shape index (κ3) is 8.60. The highest BCUT2D eigenvalue weighted by Crippen LogP contribution is 2.57. The van der Waals surface area contributed by atoms with E-state index in [9.17, 15) is 22.2 Å². The van der Waals surface area contributed by atoms with Crippen LogP contribution in [0.5, 0.6) is 0 Å². The van der Waals surface area contributed by atoms with E-state index in [1.54, 1.807) is 36.4 Å². The lowest BCUT2D eigenvalue weighted by molar-refractivity contribution is -0.121. The Balaban J connectivity index is 2.66. The quantitative estimate of drug-likeness (QED) is 0.156. The van der Waals surface area contributed by atoms with Crippen molar-refractivity contribution in [2.45, 2.75) is 44.3 Å². The molecule has 1 heterocycles. The van der Waals surface area contributed by atoms with Gasteiger partial charge in [0.2, 0.25) is 0 Å². The summed E-state index contributed by atoms with van der Waals surface area (Å²) in [6.45, 7) is 5.77. The number of carbonyl (C=O) groups excluding carboxylic acids is 1. The fraction of sp³-hybridized carbons (Fsp3) is 0.480. The van der Waals surface area contributed by atoms with Gasteiger partial charge in [0.15, 0.2) is 10.9 Å². The highest BCUT2D eigenvalue weighted by Gasteiger charge is 2.40. The Kier molecular flexibility index (Phi) is 12.0. The first-order valence-electron chi connectivity index (χ1n) is 12.3. The van der Waals surface area contributed by atoms with Crippen molar-refractivity contribution in [3.63, 3.8) is 0 Å². The third-order valence-electron chi connectivity index (χ3n) is 6.47. The van der Waals surface area contributed by atoms with E-state index >= 15 is 4.39 Å². The SMILES string of the molecule is CCS(CC)(CC)c1cc(Br)nc(C(C)(CS(=O)(=NC)NCC(F)(F)F)NC(=S)NC(=O)c2ccccc2)c1F. The summed E-state index contributed by atoms with van der Waals surface area (Å²) in [4.78, 5) is 17.5. The molecule has 0 aliphatic rings. The monoisotopic (exact) mass is 687 g/mol. The zero-order valence-corrected chi connectivity index (χ0v) is 26.9. The van der Waals surface area contributed by atoms with Crippen LogP contribution in [-0.2, 0) is 15.5 Å². The molecule has 0 saturated carbocycles. The topological polar surface area (TPSA) is 95.5 Å². The second kappa shape index (κ2) is 13.9. The lowest BCUT2D eigenvalue weighted by Gasteiger charge is -2.40. The number of benzene rings is 1. The minimum absolute atomic E-state index is 0.217. The Morgan fingerprint density at radius 2 is 1.70 bits per heavy atom. The van der Waals surface area contributed by atoms with Crippen molar-refractivity contribution < 1.29 is 26.6 Å². The summed E-state index contributed by atoms with van der Waals surface area (Å²) in [5.41, 5.74) is -1.69. The van der Waals surface area contributed by atoms with Crippen LogP contribution in [0.15, 0.2) is 50.3 Å². The second-order valence-electron chi connectivity index (χ2n) is 9.03. The highest BCUT2D eigenvalue weighted by molar-refractivity contribution is 9.10. The van der Waals surface area contributed by atoms with Crippen LogP contribution < -0.4 is 15.4 Å². The molecule has 2 rings (SSSR count). The van der Waals surface area contributed by atoms with E-state index in [0.717, 1.165) is 7.05 Å². The van der Waals surface area contributed by atoms with Crippen molar-refractivity contribution in [3.05, 3.63) is 58.1 Å². The molecule has 0 saturated heterocycles. The molecule has 0 aliphatic heterocycles. The zero-order valence-electron chi connectivity index (χ0n) is 22.8. The van der Waals surface area contributed by atoms with Gasteiger partial charge in [0.25, 0.3) is 5.91 Å². The molecular formula is C25H34BrF4N5O2S3. The maximum Gasteiger partial charge on any atom is 0.402 e. The molecule has 1 amide bonds. The van der Waals surface area contributed by atoms with Gasteiger partial charge in [0.1, 0.15) is 26.8 Å². The predicted molar refractivity (Wildman–Crippen MR) is 162 cm³/mol. The Labute approximate surface area is 248 Å². The third-order valence-corrected chi connectivity index (χ3v) is 13.8. The summed E-state index contributed by atoms with van der Waals surface area (Å²) in [5.74, 6) is 0.181. The number of carbonyl (C=O) groups is 1. The molecule has 40 heavy (non-hydrogen) atoms. The van der Waals surface area contributed by atoms with Crippen molar-refractivity contribution in [3.8, 4) is 0 Å². The number of thiocarbonyl (C=S) groups is 1. The lowest BCUT2D eigenvalue weighted by Crippen LogP contribution is -2.55. The maximum absolute atomic E-state index is 16.5. The summed E-state index contributed by atoms with van der Waals surface area (Å²) in [6, 6.07) is 9.78. The van der Waals surface area contributed by atoms with Gasteiger partial charge in [-0.25, -0.2) is 32.7 Å². The summed E-state index contributed by atoms with van der Waals surface area (Å²) in [7, 11) is -4.29. The molecule has 0 bridgehead atoms. The normalized spacial score (nSPS) is 15.4.